The lowest BCUT2D eigenvalue weighted by atomic mass is 9.82. The summed E-state index contributed by atoms with van der Waals surface area (Å²) < 4.78 is 0. The highest BCUT2D eigenvalue weighted by molar-refractivity contribution is 5.76. The number of benzene rings is 1. The molecule has 1 heterocycles. The second kappa shape index (κ2) is 6.61. The molecule has 3 rings (SSSR count). The standard InChI is InChI=1S/C18H26N2O/c19-11-16-12-20(18(21)10-9-14-5-4-6-14)13-17(16)15-7-2-1-3-8-15/h1-3,7-8,14,16-17H,4-6,9-13,19H2/t16-,17+/m1/s1. The third-order valence-corrected chi connectivity index (χ3v) is 5.32. The van der Waals surface area contributed by atoms with Gasteiger partial charge >= 0.3 is 0 Å². The lowest BCUT2D eigenvalue weighted by Crippen LogP contribution is -2.30. The second-order valence-electron chi connectivity index (χ2n) is 6.65. The lowest BCUT2D eigenvalue weighted by Gasteiger charge is -2.26. The fraction of sp³-hybridized carbons (Fsp3) is 0.611. The van der Waals surface area contributed by atoms with Crippen molar-refractivity contribution in [1.82, 2.24) is 4.90 Å². The molecule has 2 fully saturated rings. The molecule has 1 aliphatic carbocycles. The van der Waals surface area contributed by atoms with Crippen LogP contribution in [0.3, 0.4) is 0 Å². The minimum absolute atomic E-state index is 0.332. The van der Waals surface area contributed by atoms with Crippen molar-refractivity contribution in [3.05, 3.63) is 35.9 Å². The molecule has 1 aromatic rings. The van der Waals surface area contributed by atoms with Gasteiger partial charge in [0.25, 0.3) is 0 Å². The van der Waals surface area contributed by atoms with Gasteiger partial charge in [0, 0.05) is 25.4 Å². The molecule has 3 nitrogen and oxygen atoms in total. The molecule has 0 aromatic heterocycles. The van der Waals surface area contributed by atoms with Crippen molar-refractivity contribution in [2.24, 2.45) is 17.6 Å². The first-order chi connectivity index (χ1) is 10.3. The molecule has 1 amide bonds. The SMILES string of the molecule is NC[C@@H]1CN(C(=O)CCC2CCC2)C[C@H]1c1ccccc1. The van der Waals surface area contributed by atoms with Crippen LogP contribution in [0.4, 0.5) is 0 Å². The number of amides is 1. The summed E-state index contributed by atoms with van der Waals surface area (Å²) in [7, 11) is 0. The molecule has 3 heteroatoms. The van der Waals surface area contributed by atoms with Crippen molar-refractivity contribution < 1.29 is 4.79 Å². The molecular formula is C18H26N2O. The molecule has 21 heavy (non-hydrogen) atoms. The molecule has 0 bridgehead atoms. The van der Waals surface area contributed by atoms with Crippen molar-refractivity contribution in [2.75, 3.05) is 19.6 Å². The van der Waals surface area contributed by atoms with Gasteiger partial charge in [0.15, 0.2) is 0 Å². The first-order valence-corrected chi connectivity index (χ1v) is 8.30. The molecule has 0 spiro atoms. The fourth-order valence-electron chi connectivity index (χ4n) is 3.66. The van der Waals surface area contributed by atoms with Gasteiger partial charge in [-0.05, 0) is 30.4 Å². The summed E-state index contributed by atoms with van der Waals surface area (Å²) >= 11 is 0. The Kier molecular flexibility index (Phi) is 4.59. The van der Waals surface area contributed by atoms with Gasteiger partial charge in [-0.15, -0.1) is 0 Å². The summed E-state index contributed by atoms with van der Waals surface area (Å²) in [6, 6.07) is 10.5. The van der Waals surface area contributed by atoms with Gasteiger partial charge < -0.3 is 10.6 Å². The first-order valence-electron chi connectivity index (χ1n) is 8.30. The van der Waals surface area contributed by atoms with Crippen LogP contribution < -0.4 is 5.73 Å². The van der Waals surface area contributed by atoms with Crippen LogP contribution in [0.25, 0.3) is 0 Å². The maximum absolute atomic E-state index is 12.4. The monoisotopic (exact) mass is 286 g/mol. The Balaban J connectivity index is 1.59. The summed E-state index contributed by atoms with van der Waals surface area (Å²) in [5.74, 6) is 1.95. The smallest absolute Gasteiger partial charge is 0.222 e. The third kappa shape index (κ3) is 3.29. The molecule has 114 valence electrons. The molecule has 1 aromatic carbocycles. The number of nitrogens with two attached hydrogens (primary N) is 1. The number of carbonyl (C=O) groups excluding carboxylic acids is 1. The average molecular weight is 286 g/mol. The Morgan fingerprint density at radius 1 is 1.19 bits per heavy atom. The Morgan fingerprint density at radius 2 is 1.95 bits per heavy atom. The highest BCUT2D eigenvalue weighted by Crippen LogP contribution is 2.34. The van der Waals surface area contributed by atoms with Gasteiger partial charge in [0.2, 0.25) is 5.91 Å². The molecule has 2 aliphatic rings. The van der Waals surface area contributed by atoms with E-state index in [0.29, 0.717) is 24.3 Å². The van der Waals surface area contributed by atoms with E-state index in [1.54, 1.807) is 0 Å². The highest BCUT2D eigenvalue weighted by Gasteiger charge is 2.35. The maximum atomic E-state index is 12.4. The van der Waals surface area contributed by atoms with Crippen LogP contribution in [0.5, 0.6) is 0 Å². The molecule has 2 atom stereocenters. The molecule has 0 radical (unpaired) electrons. The van der Waals surface area contributed by atoms with Crippen LogP contribution in [-0.2, 0) is 4.79 Å². The molecule has 1 saturated heterocycles. The molecule has 1 saturated carbocycles. The lowest BCUT2D eigenvalue weighted by molar-refractivity contribution is -0.130. The zero-order valence-electron chi connectivity index (χ0n) is 12.7. The predicted octanol–water partition coefficient (Wildman–Crippen LogP) is 2.77. The summed E-state index contributed by atoms with van der Waals surface area (Å²) in [5.41, 5.74) is 7.26. The molecule has 0 unspecified atom stereocenters. The molecule has 2 N–H and O–H groups in total. The minimum atomic E-state index is 0.332. The van der Waals surface area contributed by atoms with E-state index in [1.165, 1.54) is 24.8 Å². The average Bonchev–Trinajstić information content (AvgIpc) is 2.90. The van der Waals surface area contributed by atoms with Gasteiger partial charge in [-0.1, -0.05) is 49.6 Å². The van der Waals surface area contributed by atoms with Crippen molar-refractivity contribution in [3.63, 3.8) is 0 Å². The first kappa shape index (κ1) is 14.6. The topological polar surface area (TPSA) is 46.3 Å². The quantitative estimate of drug-likeness (QED) is 0.904. The predicted molar refractivity (Wildman–Crippen MR) is 84.9 cm³/mol. The van der Waals surface area contributed by atoms with Crippen LogP contribution in [0.2, 0.25) is 0 Å². The van der Waals surface area contributed by atoms with Gasteiger partial charge in [-0.25, -0.2) is 0 Å². The van der Waals surface area contributed by atoms with Crippen molar-refractivity contribution >= 4 is 5.91 Å². The molecule has 1 aliphatic heterocycles. The van der Waals surface area contributed by atoms with Crippen molar-refractivity contribution in [2.45, 2.75) is 38.0 Å². The van der Waals surface area contributed by atoms with Gasteiger partial charge in [0.1, 0.15) is 0 Å². The zero-order chi connectivity index (χ0) is 14.7. The summed E-state index contributed by atoms with van der Waals surface area (Å²) in [6.45, 7) is 2.33. The summed E-state index contributed by atoms with van der Waals surface area (Å²) in [4.78, 5) is 14.5. The van der Waals surface area contributed by atoms with Crippen LogP contribution in [0.15, 0.2) is 30.3 Å². The van der Waals surface area contributed by atoms with E-state index in [9.17, 15) is 4.79 Å². The van der Waals surface area contributed by atoms with Gasteiger partial charge in [-0.2, -0.15) is 0 Å². The fourth-order valence-corrected chi connectivity index (χ4v) is 3.66. The molecular weight excluding hydrogens is 260 g/mol. The van der Waals surface area contributed by atoms with Crippen molar-refractivity contribution in [3.8, 4) is 0 Å². The number of hydrogen-bond donors (Lipinski definition) is 1. The normalized spacial score (nSPS) is 25.9. The van der Waals surface area contributed by atoms with Crippen LogP contribution in [0, 0.1) is 11.8 Å². The highest BCUT2D eigenvalue weighted by atomic mass is 16.2. The van der Waals surface area contributed by atoms with E-state index in [2.05, 4.69) is 24.3 Å². The number of carbonyl (C=O) groups is 1. The largest absolute Gasteiger partial charge is 0.342 e. The van der Waals surface area contributed by atoms with Crippen LogP contribution in [0.1, 0.15) is 43.6 Å². The van der Waals surface area contributed by atoms with E-state index < -0.39 is 0 Å². The van der Waals surface area contributed by atoms with E-state index in [0.717, 1.165) is 31.8 Å². The second-order valence-corrected chi connectivity index (χ2v) is 6.65. The number of rotatable bonds is 5. The maximum Gasteiger partial charge on any atom is 0.222 e. The van der Waals surface area contributed by atoms with Crippen LogP contribution >= 0.6 is 0 Å². The van der Waals surface area contributed by atoms with E-state index >= 15 is 0 Å². The van der Waals surface area contributed by atoms with E-state index in [-0.39, 0.29) is 0 Å². The van der Waals surface area contributed by atoms with Gasteiger partial charge in [-0.3, -0.25) is 4.79 Å². The minimum Gasteiger partial charge on any atom is -0.342 e. The summed E-state index contributed by atoms with van der Waals surface area (Å²) in [6.07, 6.45) is 5.81. The van der Waals surface area contributed by atoms with E-state index in [1.807, 2.05) is 11.0 Å². The number of hydrogen-bond acceptors (Lipinski definition) is 2. The third-order valence-electron chi connectivity index (χ3n) is 5.32. The van der Waals surface area contributed by atoms with E-state index in [4.69, 9.17) is 5.73 Å². The Morgan fingerprint density at radius 3 is 2.57 bits per heavy atom. The Hall–Kier alpha value is -1.35. The van der Waals surface area contributed by atoms with Crippen LogP contribution in [-0.4, -0.2) is 30.4 Å². The Labute approximate surface area is 127 Å². The van der Waals surface area contributed by atoms with Gasteiger partial charge in [0.05, 0.1) is 0 Å². The zero-order valence-corrected chi connectivity index (χ0v) is 12.7. The Bertz CT molecular complexity index is 469. The van der Waals surface area contributed by atoms with Crippen molar-refractivity contribution in [1.29, 1.82) is 0 Å². The number of nitrogens with zero attached hydrogens (tertiary/aromatic N) is 1. The summed E-state index contributed by atoms with van der Waals surface area (Å²) in [5, 5.41) is 0. The number of likely N-dealkylation sites (tertiary alicyclic amines) is 1.